The van der Waals surface area contributed by atoms with Crippen LogP contribution in [0.3, 0.4) is 0 Å². The fourth-order valence-corrected chi connectivity index (χ4v) is 1.70. The smallest absolute Gasteiger partial charge is 0.389 e. The number of nitrogens with one attached hydrogen (secondary N) is 1. The third-order valence-electron chi connectivity index (χ3n) is 2.58. The number of rotatable bonds is 5. The summed E-state index contributed by atoms with van der Waals surface area (Å²) in [6, 6.07) is 5.50. The third kappa shape index (κ3) is 3.80. The lowest BCUT2D eigenvalue weighted by Crippen LogP contribution is -2.17. The SMILES string of the molecule is FC(F)(F)CCCNCc1ccc2c(c1)OCO2. The van der Waals surface area contributed by atoms with Crippen LogP contribution in [0.15, 0.2) is 18.2 Å². The van der Waals surface area contributed by atoms with Gasteiger partial charge in [0.25, 0.3) is 0 Å². The summed E-state index contributed by atoms with van der Waals surface area (Å²) < 4.78 is 46.1. The Morgan fingerprint density at radius 1 is 1.17 bits per heavy atom. The van der Waals surface area contributed by atoms with Gasteiger partial charge in [-0.05, 0) is 30.7 Å². The number of benzene rings is 1. The Bertz CT molecular complexity index is 407. The molecule has 1 N–H and O–H groups in total. The first kappa shape index (κ1) is 13.0. The van der Waals surface area contributed by atoms with Gasteiger partial charge in [0, 0.05) is 13.0 Å². The standard InChI is InChI=1S/C12H14F3NO2/c13-12(14,15)4-1-5-16-7-9-2-3-10-11(6-9)18-8-17-10/h2-3,6,16H,1,4-5,7-8H2. The molecule has 1 aliphatic rings. The normalized spacial score (nSPS) is 13.9. The van der Waals surface area contributed by atoms with Crippen LogP contribution in [-0.2, 0) is 6.54 Å². The molecule has 3 nitrogen and oxygen atoms in total. The van der Waals surface area contributed by atoms with Crippen LogP contribution in [0.25, 0.3) is 0 Å². The van der Waals surface area contributed by atoms with Gasteiger partial charge in [-0.3, -0.25) is 0 Å². The Balaban J connectivity index is 1.71. The van der Waals surface area contributed by atoms with Crippen LogP contribution in [-0.4, -0.2) is 19.5 Å². The second-order valence-electron chi connectivity index (χ2n) is 4.08. The summed E-state index contributed by atoms with van der Waals surface area (Å²) in [6.45, 7) is 1.08. The maximum absolute atomic E-state index is 11.9. The van der Waals surface area contributed by atoms with Crippen molar-refractivity contribution in [1.29, 1.82) is 0 Å². The highest BCUT2D eigenvalue weighted by Crippen LogP contribution is 2.32. The lowest BCUT2D eigenvalue weighted by molar-refractivity contribution is -0.135. The van der Waals surface area contributed by atoms with Gasteiger partial charge in [0.2, 0.25) is 6.79 Å². The Labute approximate surface area is 103 Å². The van der Waals surface area contributed by atoms with Gasteiger partial charge < -0.3 is 14.8 Å². The highest BCUT2D eigenvalue weighted by Gasteiger charge is 2.25. The second-order valence-corrected chi connectivity index (χ2v) is 4.08. The van der Waals surface area contributed by atoms with Crippen molar-refractivity contribution in [3.05, 3.63) is 23.8 Å². The summed E-state index contributed by atoms with van der Waals surface area (Å²) >= 11 is 0. The van der Waals surface area contributed by atoms with Gasteiger partial charge in [-0.1, -0.05) is 6.07 Å². The zero-order valence-electron chi connectivity index (χ0n) is 9.72. The first-order valence-electron chi connectivity index (χ1n) is 5.70. The summed E-state index contributed by atoms with van der Waals surface area (Å²) in [5.74, 6) is 1.39. The van der Waals surface area contributed by atoms with Crippen molar-refractivity contribution >= 4 is 0 Å². The summed E-state index contributed by atoms with van der Waals surface area (Å²) in [7, 11) is 0. The van der Waals surface area contributed by atoms with Crippen molar-refractivity contribution in [2.24, 2.45) is 0 Å². The minimum Gasteiger partial charge on any atom is -0.454 e. The average Bonchev–Trinajstić information content (AvgIpc) is 2.74. The number of fused-ring (bicyclic) bond motifs is 1. The number of ether oxygens (including phenoxy) is 2. The molecule has 0 amide bonds. The quantitative estimate of drug-likeness (QED) is 0.827. The largest absolute Gasteiger partial charge is 0.454 e. The van der Waals surface area contributed by atoms with Gasteiger partial charge in [0.05, 0.1) is 0 Å². The number of alkyl halides is 3. The van der Waals surface area contributed by atoms with E-state index in [0.717, 1.165) is 5.56 Å². The summed E-state index contributed by atoms with van der Waals surface area (Å²) in [5, 5.41) is 2.97. The molecular weight excluding hydrogens is 247 g/mol. The van der Waals surface area contributed by atoms with E-state index in [1.165, 1.54) is 0 Å². The van der Waals surface area contributed by atoms with Gasteiger partial charge in [-0.15, -0.1) is 0 Å². The Morgan fingerprint density at radius 2 is 1.94 bits per heavy atom. The highest BCUT2D eigenvalue weighted by atomic mass is 19.4. The maximum atomic E-state index is 11.9. The van der Waals surface area contributed by atoms with E-state index in [9.17, 15) is 13.2 Å². The molecule has 0 atom stereocenters. The van der Waals surface area contributed by atoms with Gasteiger partial charge in [0.1, 0.15) is 0 Å². The van der Waals surface area contributed by atoms with Crippen LogP contribution >= 0.6 is 0 Å². The zero-order valence-corrected chi connectivity index (χ0v) is 9.72. The number of hydrogen-bond donors (Lipinski definition) is 1. The molecule has 0 bridgehead atoms. The van der Waals surface area contributed by atoms with E-state index in [2.05, 4.69) is 5.32 Å². The molecule has 100 valence electrons. The van der Waals surface area contributed by atoms with Crippen LogP contribution in [0.4, 0.5) is 13.2 Å². The molecule has 0 fully saturated rings. The molecule has 0 saturated carbocycles. The zero-order chi connectivity index (χ0) is 13.0. The van der Waals surface area contributed by atoms with E-state index in [4.69, 9.17) is 9.47 Å². The molecule has 18 heavy (non-hydrogen) atoms. The molecule has 6 heteroatoms. The molecule has 0 spiro atoms. The number of halogens is 3. The maximum Gasteiger partial charge on any atom is 0.389 e. The van der Waals surface area contributed by atoms with Gasteiger partial charge >= 0.3 is 6.18 Å². The number of hydrogen-bond acceptors (Lipinski definition) is 3. The molecule has 1 heterocycles. The first-order valence-corrected chi connectivity index (χ1v) is 5.70. The summed E-state index contributed by atoms with van der Waals surface area (Å²) in [6.07, 6.45) is -4.73. The Kier molecular flexibility index (Phi) is 3.96. The predicted octanol–water partition coefficient (Wildman–Crippen LogP) is 2.85. The van der Waals surface area contributed by atoms with E-state index < -0.39 is 12.6 Å². The van der Waals surface area contributed by atoms with Crippen molar-refractivity contribution in [1.82, 2.24) is 5.32 Å². The van der Waals surface area contributed by atoms with Gasteiger partial charge in [0.15, 0.2) is 11.5 Å². The molecule has 1 aliphatic heterocycles. The molecule has 0 radical (unpaired) electrons. The van der Waals surface area contributed by atoms with E-state index in [1.54, 1.807) is 6.07 Å². The molecule has 0 aromatic heterocycles. The first-order chi connectivity index (χ1) is 8.54. The summed E-state index contributed by atoms with van der Waals surface area (Å²) in [5.41, 5.74) is 0.964. The van der Waals surface area contributed by atoms with Crippen LogP contribution < -0.4 is 14.8 Å². The molecule has 0 unspecified atom stereocenters. The lowest BCUT2D eigenvalue weighted by atomic mass is 10.2. The van der Waals surface area contributed by atoms with Crippen LogP contribution in [0.2, 0.25) is 0 Å². The minimum atomic E-state index is -4.07. The van der Waals surface area contributed by atoms with Crippen LogP contribution in [0.1, 0.15) is 18.4 Å². The molecule has 1 aromatic carbocycles. The average molecular weight is 261 g/mol. The van der Waals surface area contributed by atoms with E-state index >= 15 is 0 Å². The fourth-order valence-electron chi connectivity index (χ4n) is 1.70. The minimum absolute atomic E-state index is 0.0913. The van der Waals surface area contributed by atoms with Gasteiger partial charge in [-0.25, -0.2) is 0 Å². The second kappa shape index (κ2) is 5.48. The van der Waals surface area contributed by atoms with Crippen LogP contribution in [0.5, 0.6) is 11.5 Å². The van der Waals surface area contributed by atoms with Gasteiger partial charge in [-0.2, -0.15) is 13.2 Å². The predicted molar refractivity (Wildman–Crippen MR) is 59.6 cm³/mol. The van der Waals surface area contributed by atoms with Crippen molar-refractivity contribution in [3.63, 3.8) is 0 Å². The van der Waals surface area contributed by atoms with Crippen molar-refractivity contribution in [2.45, 2.75) is 25.6 Å². The molecular formula is C12H14F3NO2. The molecule has 0 saturated heterocycles. The topological polar surface area (TPSA) is 30.5 Å². The Morgan fingerprint density at radius 3 is 2.72 bits per heavy atom. The van der Waals surface area contributed by atoms with E-state index in [-0.39, 0.29) is 13.2 Å². The Hall–Kier alpha value is -1.43. The van der Waals surface area contributed by atoms with E-state index in [1.807, 2.05) is 12.1 Å². The molecule has 0 aliphatic carbocycles. The van der Waals surface area contributed by atoms with Crippen molar-refractivity contribution in [2.75, 3.05) is 13.3 Å². The van der Waals surface area contributed by atoms with E-state index in [0.29, 0.717) is 24.6 Å². The lowest BCUT2D eigenvalue weighted by Gasteiger charge is -2.07. The third-order valence-corrected chi connectivity index (χ3v) is 2.58. The molecule has 2 rings (SSSR count). The molecule has 1 aromatic rings. The monoisotopic (exact) mass is 261 g/mol. The fraction of sp³-hybridized carbons (Fsp3) is 0.500. The highest BCUT2D eigenvalue weighted by molar-refractivity contribution is 5.44. The van der Waals surface area contributed by atoms with Crippen molar-refractivity contribution < 1.29 is 22.6 Å². The van der Waals surface area contributed by atoms with Crippen LogP contribution in [0, 0.1) is 0 Å². The summed E-state index contributed by atoms with van der Waals surface area (Å²) in [4.78, 5) is 0. The van der Waals surface area contributed by atoms with Crippen molar-refractivity contribution in [3.8, 4) is 11.5 Å².